The van der Waals surface area contributed by atoms with Crippen molar-refractivity contribution in [3.05, 3.63) is 54.6 Å². The molecule has 3 N–H and O–H groups in total. The third-order valence-electron chi connectivity index (χ3n) is 1.63. The molecule has 0 spiro atoms. The first-order chi connectivity index (χ1) is 7.18. The molecule has 0 saturated heterocycles. The number of thiol groups is 1. The molecule has 0 fully saturated rings. The predicted octanol–water partition coefficient (Wildman–Crippen LogP) is 2.95. The number of phenols is 1. The van der Waals surface area contributed by atoms with Gasteiger partial charge in [-0.1, -0.05) is 24.3 Å². The zero-order chi connectivity index (χ0) is 11.1. The predicted molar refractivity (Wildman–Crippen MR) is 66.2 cm³/mol. The average Bonchev–Trinajstić information content (AvgIpc) is 2.19. The van der Waals surface area contributed by atoms with Crippen LogP contribution in [0.3, 0.4) is 0 Å². The van der Waals surface area contributed by atoms with Crippen LogP contribution < -0.4 is 5.73 Å². The van der Waals surface area contributed by atoms with Crippen LogP contribution in [0.25, 0.3) is 0 Å². The van der Waals surface area contributed by atoms with Gasteiger partial charge in [0.1, 0.15) is 5.75 Å². The van der Waals surface area contributed by atoms with Crippen molar-refractivity contribution >= 4 is 18.3 Å². The van der Waals surface area contributed by atoms with E-state index in [4.69, 9.17) is 10.8 Å². The molecule has 0 aliphatic heterocycles. The van der Waals surface area contributed by atoms with Crippen molar-refractivity contribution in [1.29, 1.82) is 0 Å². The normalized spacial score (nSPS) is 8.87. The van der Waals surface area contributed by atoms with E-state index in [2.05, 4.69) is 12.6 Å². The van der Waals surface area contributed by atoms with Crippen molar-refractivity contribution < 1.29 is 5.11 Å². The summed E-state index contributed by atoms with van der Waals surface area (Å²) in [5, 5.41) is 8.63. The Morgan fingerprint density at radius 1 is 0.933 bits per heavy atom. The Labute approximate surface area is 94.8 Å². The van der Waals surface area contributed by atoms with E-state index in [1.165, 1.54) is 0 Å². The molecule has 0 aliphatic rings. The minimum Gasteiger partial charge on any atom is -0.508 e. The lowest BCUT2D eigenvalue weighted by Crippen LogP contribution is -1.81. The van der Waals surface area contributed by atoms with Crippen molar-refractivity contribution in [2.24, 2.45) is 0 Å². The van der Waals surface area contributed by atoms with Gasteiger partial charge in [0.15, 0.2) is 0 Å². The summed E-state index contributed by atoms with van der Waals surface area (Å²) >= 11 is 4.07. The molecular formula is C12H13NOS. The zero-order valence-electron chi connectivity index (χ0n) is 8.17. The largest absolute Gasteiger partial charge is 0.508 e. The van der Waals surface area contributed by atoms with Crippen LogP contribution >= 0.6 is 12.6 Å². The second kappa shape index (κ2) is 5.98. The fraction of sp³-hybridized carbons (Fsp3) is 0. The van der Waals surface area contributed by atoms with Crippen LogP contribution in [0, 0.1) is 0 Å². The van der Waals surface area contributed by atoms with E-state index in [1.807, 2.05) is 30.3 Å². The van der Waals surface area contributed by atoms with E-state index in [9.17, 15) is 0 Å². The summed E-state index contributed by atoms with van der Waals surface area (Å²) < 4.78 is 0. The van der Waals surface area contributed by atoms with Crippen LogP contribution in [-0.4, -0.2) is 5.11 Å². The lowest BCUT2D eigenvalue weighted by Gasteiger charge is -1.90. The van der Waals surface area contributed by atoms with Crippen molar-refractivity contribution in [3.63, 3.8) is 0 Å². The molecule has 0 bridgehead atoms. The number of rotatable bonds is 0. The molecule has 78 valence electrons. The number of para-hydroxylation sites is 1. The molecule has 2 aromatic rings. The number of nitrogen functional groups attached to an aromatic ring is 1. The Bertz CT molecular complexity index is 386. The van der Waals surface area contributed by atoms with Crippen LogP contribution in [-0.2, 0) is 0 Å². The van der Waals surface area contributed by atoms with Crippen molar-refractivity contribution in [3.8, 4) is 5.75 Å². The van der Waals surface area contributed by atoms with E-state index in [1.54, 1.807) is 24.3 Å². The van der Waals surface area contributed by atoms with Crippen LogP contribution in [0.5, 0.6) is 5.75 Å². The Balaban J connectivity index is 0.000000151. The second-order valence-corrected chi connectivity index (χ2v) is 3.45. The molecule has 0 unspecified atom stereocenters. The molecule has 2 rings (SSSR count). The van der Waals surface area contributed by atoms with Gasteiger partial charge in [-0.3, -0.25) is 0 Å². The number of aromatic hydroxyl groups is 1. The molecule has 0 saturated carbocycles. The number of hydrogen-bond acceptors (Lipinski definition) is 3. The van der Waals surface area contributed by atoms with Gasteiger partial charge >= 0.3 is 0 Å². The summed E-state index contributed by atoms with van der Waals surface area (Å²) in [4.78, 5) is 0.907. The van der Waals surface area contributed by atoms with Crippen molar-refractivity contribution in [2.45, 2.75) is 4.90 Å². The molecular weight excluding hydrogens is 206 g/mol. The van der Waals surface area contributed by atoms with E-state index >= 15 is 0 Å². The third-order valence-corrected chi connectivity index (χ3v) is 1.90. The van der Waals surface area contributed by atoms with Crippen LogP contribution in [0.4, 0.5) is 5.69 Å². The summed E-state index contributed by atoms with van der Waals surface area (Å²) in [5.74, 6) is 0.322. The van der Waals surface area contributed by atoms with Gasteiger partial charge in [-0.05, 0) is 30.3 Å². The van der Waals surface area contributed by atoms with E-state index in [-0.39, 0.29) is 0 Å². The molecule has 0 atom stereocenters. The van der Waals surface area contributed by atoms with Gasteiger partial charge in [0.2, 0.25) is 0 Å². The minimum absolute atomic E-state index is 0.322. The highest BCUT2D eigenvalue weighted by atomic mass is 32.1. The Morgan fingerprint density at radius 2 is 1.60 bits per heavy atom. The highest BCUT2D eigenvalue weighted by Gasteiger charge is 1.82. The molecule has 2 aromatic carbocycles. The minimum atomic E-state index is 0.322. The maximum Gasteiger partial charge on any atom is 0.115 e. The number of nitrogens with two attached hydrogens (primary N) is 1. The molecule has 0 amide bonds. The zero-order valence-corrected chi connectivity index (χ0v) is 9.06. The van der Waals surface area contributed by atoms with Gasteiger partial charge in [0.25, 0.3) is 0 Å². The molecule has 15 heavy (non-hydrogen) atoms. The van der Waals surface area contributed by atoms with Gasteiger partial charge in [-0.25, -0.2) is 0 Å². The van der Waals surface area contributed by atoms with Gasteiger partial charge in [0.05, 0.1) is 0 Å². The molecule has 0 aliphatic carbocycles. The Kier molecular flexibility index (Phi) is 4.57. The monoisotopic (exact) mass is 219 g/mol. The summed E-state index contributed by atoms with van der Waals surface area (Å²) in [6.45, 7) is 0. The Hall–Kier alpha value is -1.61. The number of phenolic OH excluding ortho intramolecular Hbond substituents is 1. The average molecular weight is 219 g/mol. The standard InChI is InChI=1S/C6H7NS.C6H6O/c7-5-2-1-3-6(8)4-5;7-6-4-2-1-3-5-6/h1-4,8H,7H2;1-5,7H. The van der Waals surface area contributed by atoms with Crippen LogP contribution in [0.1, 0.15) is 0 Å². The van der Waals surface area contributed by atoms with Crippen molar-refractivity contribution in [2.75, 3.05) is 5.73 Å². The second-order valence-electron chi connectivity index (χ2n) is 2.93. The number of hydrogen-bond donors (Lipinski definition) is 3. The maximum atomic E-state index is 8.63. The summed E-state index contributed by atoms with van der Waals surface area (Å²) in [6, 6.07) is 16.1. The lowest BCUT2D eigenvalue weighted by molar-refractivity contribution is 0.475. The van der Waals surface area contributed by atoms with E-state index < -0.39 is 0 Å². The quantitative estimate of drug-likeness (QED) is 0.471. The maximum absolute atomic E-state index is 8.63. The highest BCUT2D eigenvalue weighted by molar-refractivity contribution is 7.80. The number of benzene rings is 2. The summed E-state index contributed by atoms with van der Waals surface area (Å²) in [7, 11) is 0. The smallest absolute Gasteiger partial charge is 0.115 e. The van der Waals surface area contributed by atoms with E-state index in [0.717, 1.165) is 10.6 Å². The first-order valence-corrected chi connectivity index (χ1v) is 4.92. The number of anilines is 1. The topological polar surface area (TPSA) is 46.2 Å². The fourth-order valence-electron chi connectivity index (χ4n) is 0.953. The SMILES string of the molecule is Nc1cccc(S)c1.Oc1ccccc1. The Morgan fingerprint density at radius 3 is 1.93 bits per heavy atom. The third kappa shape index (κ3) is 4.98. The first-order valence-electron chi connectivity index (χ1n) is 4.47. The highest BCUT2D eigenvalue weighted by Crippen LogP contribution is 2.08. The van der Waals surface area contributed by atoms with Crippen molar-refractivity contribution in [1.82, 2.24) is 0 Å². The van der Waals surface area contributed by atoms with Crippen LogP contribution in [0.15, 0.2) is 59.5 Å². The molecule has 3 heteroatoms. The van der Waals surface area contributed by atoms with Gasteiger partial charge < -0.3 is 10.8 Å². The van der Waals surface area contributed by atoms with E-state index in [0.29, 0.717) is 5.75 Å². The lowest BCUT2D eigenvalue weighted by atomic mass is 10.3. The molecule has 0 heterocycles. The van der Waals surface area contributed by atoms with Gasteiger partial charge in [-0.2, -0.15) is 0 Å². The molecule has 0 radical (unpaired) electrons. The summed E-state index contributed by atoms with van der Waals surface area (Å²) in [5.41, 5.74) is 6.17. The first kappa shape index (κ1) is 11.5. The van der Waals surface area contributed by atoms with Gasteiger partial charge in [0, 0.05) is 10.6 Å². The summed E-state index contributed by atoms with van der Waals surface area (Å²) in [6.07, 6.45) is 0. The van der Waals surface area contributed by atoms with Gasteiger partial charge in [-0.15, -0.1) is 12.6 Å². The molecule has 0 aromatic heterocycles. The molecule has 2 nitrogen and oxygen atoms in total. The fourth-order valence-corrected chi connectivity index (χ4v) is 1.19. The van der Waals surface area contributed by atoms with Crippen LogP contribution in [0.2, 0.25) is 0 Å².